The zero-order valence-corrected chi connectivity index (χ0v) is 13.8. The van der Waals surface area contributed by atoms with E-state index in [1.807, 2.05) is 6.07 Å². The number of halogens is 1. The molecule has 0 saturated carbocycles. The van der Waals surface area contributed by atoms with E-state index in [4.69, 9.17) is 17.3 Å². The van der Waals surface area contributed by atoms with E-state index >= 15 is 0 Å². The van der Waals surface area contributed by atoms with Crippen LogP contribution in [0.15, 0.2) is 29.3 Å². The monoisotopic (exact) mass is 344 g/mol. The fourth-order valence-corrected chi connectivity index (χ4v) is 3.08. The summed E-state index contributed by atoms with van der Waals surface area (Å²) in [4.78, 5) is 4.15. The van der Waals surface area contributed by atoms with Crippen LogP contribution in [-0.4, -0.2) is 21.9 Å². The van der Waals surface area contributed by atoms with Crippen LogP contribution in [0, 0.1) is 22.7 Å². The van der Waals surface area contributed by atoms with Crippen LogP contribution in [0.3, 0.4) is 0 Å². The van der Waals surface area contributed by atoms with E-state index in [0.717, 1.165) is 0 Å². The van der Waals surface area contributed by atoms with Gasteiger partial charge in [-0.2, -0.15) is 10.5 Å². The molecule has 0 saturated heterocycles. The molecule has 1 aromatic carbocycles. The maximum absolute atomic E-state index is 9.56. The predicted octanol–water partition coefficient (Wildman–Crippen LogP) is 3.20. The Bertz CT molecular complexity index is 824. The Labute approximate surface area is 143 Å². The van der Waals surface area contributed by atoms with Crippen LogP contribution in [0.2, 0.25) is 5.02 Å². The molecule has 116 valence electrons. The molecule has 0 aliphatic carbocycles. The summed E-state index contributed by atoms with van der Waals surface area (Å²) in [6.45, 7) is 1.64. The maximum Gasteiger partial charge on any atom is 0.143 e. The Balaban J connectivity index is 2.72. The van der Waals surface area contributed by atoms with Crippen LogP contribution in [0.25, 0.3) is 11.1 Å². The molecule has 0 bridgehead atoms. The average Bonchev–Trinajstić information content (AvgIpc) is 2.52. The summed E-state index contributed by atoms with van der Waals surface area (Å²) in [5, 5.41) is 29.3. The first-order valence-electron chi connectivity index (χ1n) is 6.68. The second kappa shape index (κ2) is 7.34. The van der Waals surface area contributed by atoms with E-state index in [9.17, 15) is 15.6 Å². The van der Waals surface area contributed by atoms with Crippen molar-refractivity contribution in [1.29, 1.82) is 10.5 Å². The van der Waals surface area contributed by atoms with Crippen molar-refractivity contribution in [1.82, 2.24) is 4.98 Å². The van der Waals surface area contributed by atoms with Crippen molar-refractivity contribution in [2.75, 3.05) is 11.5 Å². The number of nitrogen functional groups attached to an aromatic ring is 1. The summed E-state index contributed by atoms with van der Waals surface area (Å²) >= 11 is 7.24. The molecule has 0 spiro atoms. The van der Waals surface area contributed by atoms with Crippen LogP contribution in [0.1, 0.15) is 18.1 Å². The smallest absolute Gasteiger partial charge is 0.143 e. The Morgan fingerprint density at radius 2 is 2.04 bits per heavy atom. The third-order valence-electron chi connectivity index (χ3n) is 2.99. The molecule has 0 aliphatic heterocycles. The molecule has 1 heterocycles. The fraction of sp³-hybridized carbons (Fsp3) is 0.188. The van der Waals surface area contributed by atoms with Crippen molar-refractivity contribution in [3.63, 3.8) is 0 Å². The Morgan fingerprint density at radius 3 is 2.61 bits per heavy atom. The minimum Gasteiger partial charge on any atom is -0.393 e. The van der Waals surface area contributed by atoms with Gasteiger partial charge in [-0.25, -0.2) is 4.98 Å². The number of aromatic nitrogens is 1. The number of nitrogens with two attached hydrogens (primary N) is 1. The lowest BCUT2D eigenvalue weighted by atomic mass is 9.97. The van der Waals surface area contributed by atoms with Crippen LogP contribution >= 0.6 is 23.4 Å². The number of aliphatic hydroxyl groups is 1. The highest BCUT2D eigenvalue weighted by molar-refractivity contribution is 7.99. The van der Waals surface area contributed by atoms with E-state index in [0.29, 0.717) is 26.9 Å². The van der Waals surface area contributed by atoms with Gasteiger partial charge in [0.2, 0.25) is 0 Å². The van der Waals surface area contributed by atoms with E-state index in [1.165, 1.54) is 11.8 Å². The van der Waals surface area contributed by atoms with Crippen molar-refractivity contribution in [2.45, 2.75) is 18.1 Å². The lowest BCUT2D eigenvalue weighted by Crippen LogP contribution is -2.07. The summed E-state index contributed by atoms with van der Waals surface area (Å²) in [7, 11) is 0. The molecule has 2 aromatic rings. The first-order chi connectivity index (χ1) is 11.0. The number of anilines is 1. The van der Waals surface area contributed by atoms with Crippen molar-refractivity contribution in [2.24, 2.45) is 0 Å². The van der Waals surface area contributed by atoms with E-state index < -0.39 is 6.10 Å². The third kappa shape index (κ3) is 3.75. The molecule has 0 fully saturated rings. The molecule has 23 heavy (non-hydrogen) atoms. The first-order valence-corrected chi connectivity index (χ1v) is 8.04. The van der Waals surface area contributed by atoms with Gasteiger partial charge in [0.1, 0.15) is 28.5 Å². The van der Waals surface area contributed by atoms with Crippen molar-refractivity contribution < 1.29 is 5.11 Å². The van der Waals surface area contributed by atoms with E-state index in [-0.39, 0.29) is 16.9 Å². The van der Waals surface area contributed by atoms with Gasteiger partial charge < -0.3 is 10.8 Å². The lowest BCUT2D eigenvalue weighted by molar-refractivity contribution is 0.220. The van der Waals surface area contributed by atoms with E-state index in [1.54, 1.807) is 31.2 Å². The molecular weight excluding hydrogens is 332 g/mol. The number of nitrogens with zero attached hydrogens (tertiary/aromatic N) is 3. The van der Waals surface area contributed by atoms with Crippen LogP contribution in [-0.2, 0) is 0 Å². The van der Waals surface area contributed by atoms with Crippen molar-refractivity contribution >= 4 is 29.2 Å². The summed E-state index contributed by atoms with van der Waals surface area (Å²) in [6, 6.07) is 11.0. The number of hydrogen-bond acceptors (Lipinski definition) is 6. The van der Waals surface area contributed by atoms with Crippen LogP contribution in [0.5, 0.6) is 0 Å². The molecule has 0 radical (unpaired) electrons. The van der Waals surface area contributed by atoms with Gasteiger partial charge in [-0.1, -0.05) is 23.7 Å². The maximum atomic E-state index is 9.56. The normalized spacial score (nSPS) is 11.5. The van der Waals surface area contributed by atoms with Crippen molar-refractivity contribution in [3.8, 4) is 23.3 Å². The molecule has 1 aromatic heterocycles. The fourth-order valence-electron chi connectivity index (χ4n) is 2.03. The first kappa shape index (κ1) is 17.1. The second-order valence-electron chi connectivity index (χ2n) is 4.82. The minimum atomic E-state index is -0.556. The Morgan fingerprint density at radius 1 is 1.35 bits per heavy atom. The number of pyridine rings is 1. The number of benzene rings is 1. The van der Waals surface area contributed by atoms with Gasteiger partial charge in [0.05, 0.1) is 11.7 Å². The van der Waals surface area contributed by atoms with Gasteiger partial charge in [0.15, 0.2) is 0 Å². The Hall–Kier alpha value is -2.25. The zero-order valence-electron chi connectivity index (χ0n) is 12.2. The van der Waals surface area contributed by atoms with Gasteiger partial charge in [-0.05, 0) is 24.6 Å². The van der Waals surface area contributed by atoms with Gasteiger partial charge in [-0.3, -0.25) is 0 Å². The van der Waals surface area contributed by atoms with E-state index in [2.05, 4.69) is 11.1 Å². The standard InChI is InChI=1S/C16H13ClN4OS/c1-9(22)8-23-16-13(7-19)14(12(6-18)15(20)21-16)10-3-2-4-11(17)5-10/h2-5,9,22H,8H2,1H3,(H2,20,21). The molecule has 1 atom stereocenters. The van der Waals surface area contributed by atoms with Gasteiger partial charge >= 0.3 is 0 Å². The number of rotatable bonds is 4. The van der Waals surface area contributed by atoms with Gasteiger partial charge in [0.25, 0.3) is 0 Å². The number of hydrogen-bond donors (Lipinski definition) is 2. The zero-order chi connectivity index (χ0) is 17.0. The molecule has 0 aliphatic rings. The van der Waals surface area contributed by atoms with Crippen LogP contribution in [0.4, 0.5) is 5.82 Å². The third-order valence-corrected chi connectivity index (χ3v) is 4.44. The number of aliphatic hydroxyl groups excluding tert-OH is 1. The molecule has 2 rings (SSSR count). The number of thioether (sulfide) groups is 1. The Kier molecular flexibility index (Phi) is 5.46. The summed E-state index contributed by atoms with van der Waals surface area (Å²) in [5.41, 5.74) is 7.32. The lowest BCUT2D eigenvalue weighted by Gasteiger charge is -2.13. The topological polar surface area (TPSA) is 107 Å². The highest BCUT2D eigenvalue weighted by Gasteiger charge is 2.20. The highest BCUT2D eigenvalue weighted by Crippen LogP contribution is 2.36. The minimum absolute atomic E-state index is 0.0505. The molecular formula is C16H13ClN4OS. The number of nitriles is 2. The largest absolute Gasteiger partial charge is 0.393 e. The van der Waals surface area contributed by atoms with Crippen molar-refractivity contribution in [3.05, 3.63) is 40.4 Å². The molecule has 5 nitrogen and oxygen atoms in total. The SMILES string of the molecule is CC(O)CSc1nc(N)c(C#N)c(-c2cccc(Cl)c2)c1C#N. The van der Waals surface area contributed by atoms with Gasteiger partial charge in [-0.15, -0.1) is 11.8 Å². The summed E-state index contributed by atoms with van der Waals surface area (Å²) < 4.78 is 0. The summed E-state index contributed by atoms with van der Waals surface area (Å²) in [6.07, 6.45) is -0.556. The van der Waals surface area contributed by atoms with Gasteiger partial charge in [0, 0.05) is 16.3 Å². The average molecular weight is 345 g/mol. The summed E-state index contributed by atoms with van der Waals surface area (Å²) in [5.74, 6) is 0.414. The molecule has 1 unspecified atom stereocenters. The molecule has 3 N–H and O–H groups in total. The predicted molar refractivity (Wildman–Crippen MR) is 90.9 cm³/mol. The van der Waals surface area contributed by atoms with Crippen LogP contribution < -0.4 is 5.73 Å². The molecule has 7 heteroatoms. The highest BCUT2D eigenvalue weighted by atomic mass is 35.5. The molecule has 0 amide bonds. The second-order valence-corrected chi connectivity index (χ2v) is 6.27. The quantitative estimate of drug-likeness (QED) is 0.825.